The van der Waals surface area contributed by atoms with Gasteiger partial charge in [-0.05, 0) is 35.7 Å². The SMILES string of the molecule is C[C@H](NC(=O)CN1CCN(C(c2ccccc2)c2ccccc2)CC1)c1ccc(Cl)cc1. The first-order chi connectivity index (χ1) is 15.6. The third kappa shape index (κ3) is 5.77. The number of carbonyl (C=O) groups excluding carboxylic acids is 1. The molecule has 1 N–H and O–H groups in total. The summed E-state index contributed by atoms with van der Waals surface area (Å²) in [6.07, 6.45) is 0. The number of piperazine rings is 1. The number of halogens is 1. The zero-order valence-electron chi connectivity index (χ0n) is 18.5. The van der Waals surface area contributed by atoms with E-state index in [9.17, 15) is 4.79 Å². The zero-order valence-corrected chi connectivity index (χ0v) is 19.2. The average Bonchev–Trinajstić information content (AvgIpc) is 2.82. The van der Waals surface area contributed by atoms with Crippen molar-refractivity contribution in [2.75, 3.05) is 32.7 Å². The van der Waals surface area contributed by atoms with E-state index in [-0.39, 0.29) is 18.0 Å². The van der Waals surface area contributed by atoms with Crippen LogP contribution in [0.5, 0.6) is 0 Å². The number of carbonyl (C=O) groups is 1. The van der Waals surface area contributed by atoms with Crippen LogP contribution in [0, 0.1) is 0 Å². The van der Waals surface area contributed by atoms with Crippen LogP contribution in [0.3, 0.4) is 0 Å². The van der Waals surface area contributed by atoms with E-state index < -0.39 is 0 Å². The average molecular weight is 448 g/mol. The van der Waals surface area contributed by atoms with E-state index in [0.29, 0.717) is 11.6 Å². The molecule has 1 atom stereocenters. The largest absolute Gasteiger partial charge is 0.348 e. The Morgan fingerprint density at radius 3 is 1.88 bits per heavy atom. The number of hydrogen-bond donors (Lipinski definition) is 1. The van der Waals surface area contributed by atoms with E-state index >= 15 is 0 Å². The van der Waals surface area contributed by atoms with E-state index in [0.717, 1.165) is 31.7 Å². The lowest BCUT2D eigenvalue weighted by Crippen LogP contribution is -2.50. The number of benzene rings is 3. The molecule has 0 aromatic heterocycles. The minimum Gasteiger partial charge on any atom is -0.348 e. The quantitative estimate of drug-likeness (QED) is 0.558. The van der Waals surface area contributed by atoms with Gasteiger partial charge in [-0.25, -0.2) is 0 Å². The molecular formula is C27H30ClN3O. The van der Waals surface area contributed by atoms with Gasteiger partial charge in [0.1, 0.15) is 0 Å². The molecule has 4 nitrogen and oxygen atoms in total. The summed E-state index contributed by atoms with van der Waals surface area (Å²) in [5, 5.41) is 3.81. The molecule has 1 aliphatic rings. The molecule has 0 bridgehead atoms. The molecule has 3 aromatic carbocycles. The minimum absolute atomic E-state index is 0.0402. The molecule has 1 saturated heterocycles. The van der Waals surface area contributed by atoms with Gasteiger partial charge in [-0.3, -0.25) is 14.6 Å². The van der Waals surface area contributed by atoms with Gasteiger partial charge < -0.3 is 5.32 Å². The summed E-state index contributed by atoms with van der Waals surface area (Å²) < 4.78 is 0. The van der Waals surface area contributed by atoms with Crippen LogP contribution in [-0.4, -0.2) is 48.4 Å². The summed E-state index contributed by atoms with van der Waals surface area (Å²) in [4.78, 5) is 17.4. The zero-order chi connectivity index (χ0) is 22.3. The Bertz CT molecular complexity index is 947. The maximum atomic E-state index is 12.6. The fourth-order valence-electron chi connectivity index (χ4n) is 4.39. The van der Waals surface area contributed by atoms with Crippen LogP contribution in [0.15, 0.2) is 84.9 Å². The number of nitrogens with zero attached hydrogens (tertiary/aromatic N) is 2. The van der Waals surface area contributed by atoms with Gasteiger partial charge in [0.15, 0.2) is 0 Å². The van der Waals surface area contributed by atoms with Crippen LogP contribution in [0.4, 0.5) is 0 Å². The summed E-state index contributed by atoms with van der Waals surface area (Å²) in [5.41, 5.74) is 3.67. The Morgan fingerprint density at radius 1 is 0.812 bits per heavy atom. The van der Waals surface area contributed by atoms with E-state index in [2.05, 4.69) is 75.8 Å². The molecule has 0 aliphatic carbocycles. The second-order valence-electron chi connectivity index (χ2n) is 8.38. The standard InChI is InChI=1S/C27H30ClN3O/c1-21(22-12-14-25(28)15-13-22)29-26(32)20-30-16-18-31(19-17-30)27(23-8-4-2-5-9-23)24-10-6-3-7-11-24/h2-15,21,27H,16-20H2,1H3,(H,29,32)/t21-/m0/s1. The number of nitrogens with one attached hydrogen (secondary N) is 1. The lowest BCUT2D eigenvalue weighted by Gasteiger charge is -2.39. The maximum Gasteiger partial charge on any atom is 0.234 e. The molecule has 5 heteroatoms. The topological polar surface area (TPSA) is 35.6 Å². The third-order valence-corrected chi connectivity index (χ3v) is 6.37. The molecule has 166 valence electrons. The number of rotatable bonds is 7. The highest BCUT2D eigenvalue weighted by atomic mass is 35.5. The number of hydrogen-bond acceptors (Lipinski definition) is 3. The molecule has 1 amide bonds. The first-order valence-corrected chi connectivity index (χ1v) is 11.6. The van der Waals surface area contributed by atoms with Gasteiger partial charge in [-0.1, -0.05) is 84.4 Å². The molecule has 1 aliphatic heterocycles. The van der Waals surface area contributed by atoms with Crippen LogP contribution >= 0.6 is 11.6 Å². The monoisotopic (exact) mass is 447 g/mol. The Balaban J connectivity index is 1.34. The van der Waals surface area contributed by atoms with E-state index in [1.54, 1.807) is 0 Å². The molecule has 4 rings (SSSR count). The molecular weight excluding hydrogens is 418 g/mol. The Hall–Kier alpha value is -2.66. The minimum atomic E-state index is -0.0402. The van der Waals surface area contributed by atoms with Crippen molar-refractivity contribution in [3.8, 4) is 0 Å². The molecule has 0 saturated carbocycles. The van der Waals surface area contributed by atoms with Gasteiger partial charge in [0.05, 0.1) is 18.6 Å². The van der Waals surface area contributed by atoms with Crippen LogP contribution < -0.4 is 5.32 Å². The highest BCUT2D eigenvalue weighted by Crippen LogP contribution is 2.29. The fourth-order valence-corrected chi connectivity index (χ4v) is 4.52. The van der Waals surface area contributed by atoms with Crippen molar-refractivity contribution >= 4 is 17.5 Å². The van der Waals surface area contributed by atoms with Crippen LogP contribution in [-0.2, 0) is 4.79 Å². The molecule has 0 spiro atoms. The second kappa shape index (κ2) is 10.8. The van der Waals surface area contributed by atoms with Crippen LogP contribution in [0.1, 0.15) is 35.7 Å². The highest BCUT2D eigenvalue weighted by molar-refractivity contribution is 6.30. The van der Waals surface area contributed by atoms with Gasteiger partial charge in [0.2, 0.25) is 5.91 Å². The summed E-state index contributed by atoms with van der Waals surface area (Å²) in [7, 11) is 0. The third-order valence-electron chi connectivity index (χ3n) is 6.12. The summed E-state index contributed by atoms with van der Waals surface area (Å²) >= 11 is 5.97. The van der Waals surface area contributed by atoms with Gasteiger partial charge >= 0.3 is 0 Å². The molecule has 3 aromatic rings. The fraction of sp³-hybridized carbons (Fsp3) is 0.296. The van der Waals surface area contributed by atoms with E-state index in [1.165, 1.54) is 11.1 Å². The summed E-state index contributed by atoms with van der Waals surface area (Å²) in [6, 6.07) is 29.2. The first kappa shape index (κ1) is 22.5. The second-order valence-corrected chi connectivity index (χ2v) is 8.81. The van der Waals surface area contributed by atoms with E-state index in [1.807, 2.05) is 31.2 Å². The molecule has 1 heterocycles. The van der Waals surface area contributed by atoms with Crippen molar-refractivity contribution in [2.24, 2.45) is 0 Å². The maximum absolute atomic E-state index is 12.6. The normalized spacial score (nSPS) is 16.1. The predicted molar refractivity (Wildman–Crippen MR) is 131 cm³/mol. The molecule has 0 radical (unpaired) electrons. The number of amides is 1. The lowest BCUT2D eigenvalue weighted by molar-refractivity contribution is -0.123. The molecule has 32 heavy (non-hydrogen) atoms. The predicted octanol–water partition coefficient (Wildman–Crippen LogP) is 4.92. The van der Waals surface area contributed by atoms with Gasteiger partial charge in [-0.2, -0.15) is 0 Å². The Kier molecular flexibility index (Phi) is 7.59. The van der Waals surface area contributed by atoms with Gasteiger partial charge in [-0.15, -0.1) is 0 Å². The van der Waals surface area contributed by atoms with Crippen LogP contribution in [0.2, 0.25) is 5.02 Å². The van der Waals surface area contributed by atoms with Crippen molar-refractivity contribution in [1.29, 1.82) is 0 Å². The van der Waals surface area contributed by atoms with Crippen LogP contribution in [0.25, 0.3) is 0 Å². The van der Waals surface area contributed by atoms with Gasteiger partial charge in [0, 0.05) is 31.2 Å². The summed E-state index contributed by atoms with van der Waals surface area (Å²) in [6.45, 7) is 6.03. The Morgan fingerprint density at radius 2 is 1.34 bits per heavy atom. The first-order valence-electron chi connectivity index (χ1n) is 11.2. The molecule has 1 fully saturated rings. The van der Waals surface area contributed by atoms with E-state index in [4.69, 9.17) is 11.6 Å². The van der Waals surface area contributed by atoms with Crippen molar-refractivity contribution in [2.45, 2.75) is 19.0 Å². The van der Waals surface area contributed by atoms with Crippen molar-refractivity contribution in [3.05, 3.63) is 107 Å². The molecule has 0 unspecified atom stereocenters. The van der Waals surface area contributed by atoms with Crippen molar-refractivity contribution < 1.29 is 4.79 Å². The smallest absolute Gasteiger partial charge is 0.234 e. The Labute approximate surface area is 195 Å². The lowest BCUT2D eigenvalue weighted by atomic mass is 9.96. The van der Waals surface area contributed by atoms with Crippen molar-refractivity contribution in [3.63, 3.8) is 0 Å². The highest BCUT2D eigenvalue weighted by Gasteiger charge is 2.27. The summed E-state index contributed by atoms with van der Waals surface area (Å²) in [5.74, 6) is 0.0589. The van der Waals surface area contributed by atoms with Crippen molar-refractivity contribution in [1.82, 2.24) is 15.1 Å². The van der Waals surface area contributed by atoms with Gasteiger partial charge in [0.25, 0.3) is 0 Å².